The van der Waals surface area contributed by atoms with Crippen LogP contribution in [0.25, 0.3) is 16.7 Å². The lowest BCUT2D eigenvalue weighted by Crippen LogP contribution is -2.27. The van der Waals surface area contributed by atoms with E-state index in [0.29, 0.717) is 17.6 Å². The molecular weight excluding hydrogens is 404 g/mol. The van der Waals surface area contributed by atoms with E-state index in [-0.39, 0.29) is 24.4 Å². The Hall–Kier alpha value is -3.87. The van der Waals surface area contributed by atoms with E-state index in [2.05, 4.69) is 10.3 Å². The third kappa shape index (κ3) is 4.14. The van der Waals surface area contributed by atoms with E-state index in [1.807, 2.05) is 73.0 Å². The Morgan fingerprint density at radius 2 is 1.88 bits per heavy atom. The Balaban J connectivity index is 1.50. The smallest absolute Gasteiger partial charge is 0.263 e. The van der Waals surface area contributed by atoms with Crippen molar-refractivity contribution in [3.05, 3.63) is 88.1 Å². The molecule has 0 saturated heterocycles. The van der Waals surface area contributed by atoms with Gasteiger partial charge in [-0.05, 0) is 49.2 Å². The number of fused-ring (bicyclic) bond motifs is 1. The van der Waals surface area contributed by atoms with Crippen molar-refractivity contribution in [2.24, 2.45) is 0 Å². The summed E-state index contributed by atoms with van der Waals surface area (Å²) in [6.07, 6.45) is 1.72. The van der Waals surface area contributed by atoms with Gasteiger partial charge >= 0.3 is 0 Å². The molecule has 32 heavy (non-hydrogen) atoms. The molecule has 2 aromatic heterocycles. The van der Waals surface area contributed by atoms with E-state index >= 15 is 0 Å². The number of carbonyl (C=O) groups is 1. The first kappa shape index (κ1) is 21.4. The number of hydrogen-bond acceptors (Lipinski definition) is 4. The molecule has 0 spiro atoms. The molecule has 1 N–H and O–H groups in total. The van der Waals surface area contributed by atoms with Gasteiger partial charge in [0, 0.05) is 30.9 Å². The molecule has 0 fully saturated rings. The number of nitrogens with zero attached hydrogens (tertiary/aromatic N) is 3. The Morgan fingerprint density at radius 3 is 2.62 bits per heavy atom. The summed E-state index contributed by atoms with van der Waals surface area (Å²) in [6.45, 7) is 4.59. The van der Waals surface area contributed by atoms with Gasteiger partial charge in [-0.25, -0.2) is 4.98 Å². The average molecular weight is 431 g/mol. The summed E-state index contributed by atoms with van der Waals surface area (Å²) >= 11 is 0. The van der Waals surface area contributed by atoms with Crippen molar-refractivity contribution in [1.82, 2.24) is 19.4 Å². The fourth-order valence-electron chi connectivity index (χ4n) is 3.83. The van der Waals surface area contributed by atoms with Crippen LogP contribution >= 0.6 is 0 Å². The van der Waals surface area contributed by atoms with Gasteiger partial charge < -0.3 is 10.1 Å². The van der Waals surface area contributed by atoms with Gasteiger partial charge in [0.2, 0.25) is 5.91 Å². The van der Waals surface area contributed by atoms with Crippen LogP contribution in [0.5, 0.6) is 5.75 Å². The van der Waals surface area contributed by atoms with E-state index in [9.17, 15) is 9.59 Å². The highest BCUT2D eigenvalue weighted by Gasteiger charge is 2.18. The standard InChI is InChI=1S/C25H26N4O3/c1-17-18(2)29(20-9-5-4-6-10-20)24-23(17)25(31)28(16-27-24)13-12-22(30)26-15-19-8-7-11-21(14-19)32-3/h4-11,14,16H,12-13,15H2,1-3H3,(H,26,30). The van der Waals surface area contributed by atoms with Gasteiger partial charge in [-0.15, -0.1) is 0 Å². The molecule has 0 atom stereocenters. The molecule has 2 heterocycles. The number of methoxy groups -OCH3 is 1. The number of amides is 1. The molecule has 0 unspecified atom stereocenters. The van der Waals surface area contributed by atoms with Crippen molar-refractivity contribution in [1.29, 1.82) is 0 Å². The zero-order chi connectivity index (χ0) is 22.7. The number of hydrogen-bond donors (Lipinski definition) is 1. The van der Waals surface area contributed by atoms with E-state index in [1.165, 1.54) is 10.9 Å². The van der Waals surface area contributed by atoms with Gasteiger partial charge in [-0.3, -0.25) is 18.7 Å². The van der Waals surface area contributed by atoms with Crippen molar-refractivity contribution in [3.8, 4) is 11.4 Å². The number of carbonyl (C=O) groups excluding carboxylic acids is 1. The van der Waals surface area contributed by atoms with Crippen LogP contribution in [0.4, 0.5) is 0 Å². The molecular formula is C25H26N4O3. The van der Waals surface area contributed by atoms with Crippen molar-refractivity contribution < 1.29 is 9.53 Å². The molecule has 0 aliphatic heterocycles. The first-order valence-electron chi connectivity index (χ1n) is 10.5. The molecule has 7 nitrogen and oxygen atoms in total. The number of rotatable bonds is 7. The second-order valence-corrected chi connectivity index (χ2v) is 7.70. The van der Waals surface area contributed by atoms with Crippen LogP contribution in [0.3, 0.4) is 0 Å². The molecule has 2 aromatic carbocycles. The minimum atomic E-state index is -0.133. The topological polar surface area (TPSA) is 78.2 Å². The van der Waals surface area contributed by atoms with Crippen LogP contribution < -0.4 is 15.6 Å². The summed E-state index contributed by atoms with van der Waals surface area (Å²) in [7, 11) is 1.61. The number of benzene rings is 2. The maximum absolute atomic E-state index is 13.2. The second kappa shape index (κ2) is 9.09. The Bertz CT molecular complexity index is 1320. The molecule has 4 aromatic rings. The van der Waals surface area contributed by atoms with Crippen molar-refractivity contribution >= 4 is 16.9 Å². The minimum Gasteiger partial charge on any atom is -0.497 e. The van der Waals surface area contributed by atoms with Gasteiger partial charge in [0.1, 0.15) is 5.75 Å². The van der Waals surface area contributed by atoms with Crippen LogP contribution in [0, 0.1) is 13.8 Å². The van der Waals surface area contributed by atoms with Crippen LogP contribution in [0.2, 0.25) is 0 Å². The van der Waals surface area contributed by atoms with E-state index < -0.39 is 0 Å². The van der Waals surface area contributed by atoms with Crippen molar-refractivity contribution in [2.45, 2.75) is 33.4 Å². The maximum atomic E-state index is 13.2. The van der Waals surface area contributed by atoms with Gasteiger partial charge in [-0.2, -0.15) is 0 Å². The lowest BCUT2D eigenvalue weighted by molar-refractivity contribution is -0.121. The van der Waals surface area contributed by atoms with Crippen LogP contribution in [0.1, 0.15) is 23.2 Å². The second-order valence-electron chi connectivity index (χ2n) is 7.70. The summed E-state index contributed by atoms with van der Waals surface area (Å²) < 4.78 is 8.71. The zero-order valence-electron chi connectivity index (χ0n) is 18.5. The molecule has 0 bridgehead atoms. The number of para-hydroxylation sites is 1. The average Bonchev–Trinajstić information content (AvgIpc) is 3.08. The third-order valence-electron chi connectivity index (χ3n) is 5.70. The number of aryl methyl sites for hydroxylation is 2. The summed E-state index contributed by atoms with van der Waals surface area (Å²) in [6, 6.07) is 17.4. The Labute approximate surface area is 186 Å². The highest BCUT2D eigenvalue weighted by molar-refractivity contribution is 5.83. The lowest BCUT2D eigenvalue weighted by Gasteiger charge is -2.09. The molecule has 0 radical (unpaired) electrons. The fraction of sp³-hybridized carbons (Fsp3) is 0.240. The quantitative estimate of drug-likeness (QED) is 0.487. The van der Waals surface area contributed by atoms with Gasteiger partial charge in [0.15, 0.2) is 5.65 Å². The highest BCUT2D eigenvalue weighted by Crippen LogP contribution is 2.24. The van der Waals surface area contributed by atoms with Crippen LogP contribution in [-0.2, 0) is 17.9 Å². The first-order valence-corrected chi connectivity index (χ1v) is 10.5. The lowest BCUT2D eigenvalue weighted by atomic mass is 10.2. The summed E-state index contributed by atoms with van der Waals surface area (Å²) in [5.74, 6) is 0.616. The van der Waals surface area contributed by atoms with Crippen LogP contribution in [-0.4, -0.2) is 27.1 Å². The van der Waals surface area contributed by atoms with Crippen molar-refractivity contribution in [3.63, 3.8) is 0 Å². The van der Waals surface area contributed by atoms with E-state index in [0.717, 1.165) is 28.3 Å². The van der Waals surface area contributed by atoms with Crippen molar-refractivity contribution in [2.75, 3.05) is 7.11 Å². The third-order valence-corrected chi connectivity index (χ3v) is 5.70. The summed E-state index contributed by atoms with van der Waals surface area (Å²) in [5, 5.41) is 3.48. The minimum absolute atomic E-state index is 0.130. The molecule has 7 heteroatoms. The normalized spacial score (nSPS) is 11.0. The van der Waals surface area contributed by atoms with Gasteiger partial charge in [-0.1, -0.05) is 30.3 Å². The summed E-state index contributed by atoms with van der Waals surface area (Å²) in [4.78, 5) is 30.1. The molecule has 0 saturated carbocycles. The molecule has 1 amide bonds. The number of nitrogens with one attached hydrogen (secondary N) is 1. The molecule has 0 aliphatic carbocycles. The fourth-order valence-corrected chi connectivity index (χ4v) is 3.83. The predicted molar refractivity (Wildman–Crippen MR) is 124 cm³/mol. The van der Waals surface area contributed by atoms with Gasteiger partial charge in [0.05, 0.1) is 18.8 Å². The zero-order valence-corrected chi connectivity index (χ0v) is 18.5. The van der Waals surface area contributed by atoms with E-state index in [4.69, 9.17) is 4.74 Å². The predicted octanol–water partition coefficient (Wildman–Crippen LogP) is 3.52. The van der Waals surface area contributed by atoms with E-state index in [1.54, 1.807) is 7.11 Å². The number of aromatic nitrogens is 3. The highest BCUT2D eigenvalue weighted by atomic mass is 16.5. The Morgan fingerprint density at radius 1 is 1.09 bits per heavy atom. The SMILES string of the molecule is COc1cccc(CNC(=O)CCn2cnc3c(c(C)c(C)n3-c3ccccc3)c2=O)c1. The molecule has 0 aliphatic rings. The van der Waals surface area contributed by atoms with Gasteiger partial charge in [0.25, 0.3) is 5.56 Å². The molecule has 4 rings (SSSR count). The molecule has 164 valence electrons. The largest absolute Gasteiger partial charge is 0.497 e. The maximum Gasteiger partial charge on any atom is 0.263 e. The Kier molecular flexibility index (Phi) is 6.07. The first-order chi connectivity index (χ1) is 15.5. The summed E-state index contributed by atoms with van der Waals surface area (Å²) in [5.41, 5.74) is 4.29. The van der Waals surface area contributed by atoms with Crippen LogP contribution in [0.15, 0.2) is 65.7 Å². The number of ether oxygens (including phenoxy) is 1. The monoisotopic (exact) mass is 430 g/mol.